The third kappa shape index (κ3) is 2.70. The number of furan rings is 1. The van der Waals surface area contributed by atoms with Crippen molar-refractivity contribution in [1.29, 1.82) is 0 Å². The zero-order valence-corrected chi connectivity index (χ0v) is 8.09. The van der Waals surface area contributed by atoms with Gasteiger partial charge in [0.2, 0.25) is 5.91 Å². The van der Waals surface area contributed by atoms with Gasteiger partial charge in [0.15, 0.2) is 0 Å². The molecule has 1 amide bonds. The van der Waals surface area contributed by atoms with Crippen LogP contribution in [-0.4, -0.2) is 15.5 Å². The molecule has 5 heteroatoms. The minimum Gasteiger partial charge on any atom is -0.467 e. The Morgan fingerprint density at radius 1 is 1.60 bits per heavy atom. The molecule has 0 aliphatic heterocycles. The molecule has 0 saturated heterocycles. The summed E-state index contributed by atoms with van der Waals surface area (Å²) in [5.74, 6) is 0.679. The minimum atomic E-state index is -0.0654. The first-order valence-electron chi connectivity index (χ1n) is 4.59. The molecule has 0 aliphatic rings. The van der Waals surface area contributed by atoms with Gasteiger partial charge < -0.3 is 14.3 Å². The third-order valence-electron chi connectivity index (χ3n) is 1.93. The topological polar surface area (TPSA) is 60.1 Å². The molecule has 5 nitrogen and oxygen atoms in total. The summed E-state index contributed by atoms with van der Waals surface area (Å²) >= 11 is 0. The maximum absolute atomic E-state index is 11.4. The Bertz CT molecular complexity index is 406. The lowest BCUT2D eigenvalue weighted by molar-refractivity contribution is -0.121. The van der Waals surface area contributed by atoms with Gasteiger partial charge in [-0.15, -0.1) is 0 Å². The van der Waals surface area contributed by atoms with Gasteiger partial charge >= 0.3 is 0 Å². The molecule has 0 bridgehead atoms. The predicted octanol–water partition coefficient (Wildman–Crippen LogP) is 0.792. The highest BCUT2D eigenvalue weighted by atomic mass is 16.3. The predicted molar refractivity (Wildman–Crippen MR) is 52.8 cm³/mol. The van der Waals surface area contributed by atoms with E-state index < -0.39 is 0 Å². The van der Waals surface area contributed by atoms with Crippen LogP contribution in [0.1, 0.15) is 5.76 Å². The highest BCUT2D eigenvalue weighted by molar-refractivity contribution is 5.75. The fourth-order valence-corrected chi connectivity index (χ4v) is 1.20. The Morgan fingerprint density at radius 2 is 2.53 bits per heavy atom. The summed E-state index contributed by atoms with van der Waals surface area (Å²) in [7, 11) is 0. The number of amides is 1. The molecule has 2 aromatic rings. The van der Waals surface area contributed by atoms with Crippen LogP contribution in [-0.2, 0) is 17.9 Å². The van der Waals surface area contributed by atoms with Crippen LogP contribution in [0.3, 0.4) is 0 Å². The van der Waals surface area contributed by atoms with Gasteiger partial charge in [-0.1, -0.05) is 0 Å². The Morgan fingerprint density at radius 3 is 3.20 bits per heavy atom. The maximum Gasteiger partial charge on any atom is 0.240 e. The van der Waals surface area contributed by atoms with Crippen LogP contribution < -0.4 is 5.32 Å². The highest BCUT2D eigenvalue weighted by Crippen LogP contribution is 1.98. The van der Waals surface area contributed by atoms with E-state index in [-0.39, 0.29) is 12.5 Å². The van der Waals surface area contributed by atoms with E-state index in [1.165, 1.54) is 0 Å². The molecule has 0 saturated carbocycles. The van der Waals surface area contributed by atoms with E-state index in [0.29, 0.717) is 6.54 Å². The summed E-state index contributed by atoms with van der Waals surface area (Å²) in [4.78, 5) is 15.3. The van der Waals surface area contributed by atoms with Crippen LogP contribution in [0, 0.1) is 0 Å². The second-order valence-electron chi connectivity index (χ2n) is 3.09. The van der Waals surface area contributed by atoms with Gasteiger partial charge in [0.05, 0.1) is 19.1 Å². The van der Waals surface area contributed by atoms with Gasteiger partial charge in [-0.05, 0) is 12.1 Å². The fourth-order valence-electron chi connectivity index (χ4n) is 1.20. The Hall–Kier alpha value is -2.04. The maximum atomic E-state index is 11.4. The first kappa shape index (κ1) is 9.51. The molecule has 2 rings (SSSR count). The average molecular weight is 205 g/mol. The minimum absolute atomic E-state index is 0.0654. The number of carbonyl (C=O) groups excluding carboxylic acids is 1. The SMILES string of the molecule is O=C(Cn1ccnc1)NCc1ccco1. The monoisotopic (exact) mass is 205 g/mol. The zero-order valence-electron chi connectivity index (χ0n) is 8.09. The number of rotatable bonds is 4. The van der Waals surface area contributed by atoms with E-state index in [1.807, 2.05) is 6.07 Å². The number of hydrogen-bond donors (Lipinski definition) is 1. The average Bonchev–Trinajstić information content (AvgIpc) is 2.86. The van der Waals surface area contributed by atoms with Crippen LogP contribution in [0.25, 0.3) is 0 Å². The molecular formula is C10H11N3O2. The van der Waals surface area contributed by atoms with Crippen molar-refractivity contribution in [3.05, 3.63) is 42.9 Å². The molecule has 2 heterocycles. The van der Waals surface area contributed by atoms with Crippen molar-refractivity contribution in [3.63, 3.8) is 0 Å². The Labute approximate surface area is 86.7 Å². The van der Waals surface area contributed by atoms with Gasteiger partial charge in [0, 0.05) is 12.4 Å². The molecule has 0 unspecified atom stereocenters. The molecule has 2 aromatic heterocycles. The summed E-state index contributed by atoms with van der Waals surface area (Å²) in [5, 5.41) is 2.74. The smallest absolute Gasteiger partial charge is 0.240 e. The fraction of sp³-hybridized carbons (Fsp3) is 0.200. The van der Waals surface area contributed by atoms with Crippen LogP contribution in [0.2, 0.25) is 0 Å². The number of nitrogens with zero attached hydrogens (tertiary/aromatic N) is 2. The van der Waals surface area contributed by atoms with Crippen molar-refractivity contribution in [2.45, 2.75) is 13.1 Å². The quantitative estimate of drug-likeness (QED) is 0.802. The summed E-state index contributed by atoms with van der Waals surface area (Å²) in [5.41, 5.74) is 0. The number of hydrogen-bond acceptors (Lipinski definition) is 3. The van der Waals surface area contributed by atoms with Crippen molar-refractivity contribution < 1.29 is 9.21 Å². The molecule has 1 N–H and O–H groups in total. The van der Waals surface area contributed by atoms with Crippen molar-refractivity contribution in [2.75, 3.05) is 0 Å². The van der Waals surface area contributed by atoms with Crippen molar-refractivity contribution in [3.8, 4) is 0 Å². The summed E-state index contributed by atoms with van der Waals surface area (Å²) < 4.78 is 6.79. The van der Waals surface area contributed by atoms with E-state index in [0.717, 1.165) is 5.76 Å². The normalized spacial score (nSPS) is 10.1. The van der Waals surface area contributed by atoms with Gasteiger partial charge in [-0.2, -0.15) is 0 Å². The molecule has 15 heavy (non-hydrogen) atoms. The first-order chi connectivity index (χ1) is 7.34. The molecule has 0 fully saturated rings. The number of carbonyl (C=O) groups is 1. The van der Waals surface area contributed by atoms with Crippen LogP contribution in [0.4, 0.5) is 0 Å². The molecule has 0 aromatic carbocycles. The van der Waals surface area contributed by atoms with Crippen molar-refractivity contribution in [2.24, 2.45) is 0 Å². The number of nitrogens with one attached hydrogen (secondary N) is 1. The Kier molecular flexibility index (Phi) is 2.82. The van der Waals surface area contributed by atoms with Gasteiger partial charge in [-0.3, -0.25) is 4.79 Å². The lowest BCUT2D eigenvalue weighted by atomic mass is 10.4. The van der Waals surface area contributed by atoms with Crippen molar-refractivity contribution in [1.82, 2.24) is 14.9 Å². The third-order valence-corrected chi connectivity index (χ3v) is 1.93. The van der Waals surface area contributed by atoms with E-state index in [4.69, 9.17) is 4.42 Å². The molecular weight excluding hydrogens is 194 g/mol. The Balaban J connectivity index is 1.78. The number of imidazole rings is 1. The van der Waals surface area contributed by atoms with E-state index in [1.54, 1.807) is 35.6 Å². The molecule has 0 aliphatic carbocycles. The van der Waals surface area contributed by atoms with Crippen LogP contribution >= 0.6 is 0 Å². The highest BCUT2D eigenvalue weighted by Gasteiger charge is 2.02. The molecule has 0 spiro atoms. The largest absolute Gasteiger partial charge is 0.467 e. The second kappa shape index (κ2) is 4.45. The molecule has 0 radical (unpaired) electrons. The van der Waals surface area contributed by atoms with Gasteiger partial charge in [-0.25, -0.2) is 4.98 Å². The lowest BCUT2D eigenvalue weighted by Gasteiger charge is -2.03. The summed E-state index contributed by atoms with van der Waals surface area (Å²) in [6, 6.07) is 3.61. The van der Waals surface area contributed by atoms with Gasteiger partial charge in [0.25, 0.3) is 0 Å². The van der Waals surface area contributed by atoms with Gasteiger partial charge in [0.1, 0.15) is 12.3 Å². The molecule has 0 atom stereocenters. The molecule has 78 valence electrons. The zero-order chi connectivity index (χ0) is 10.5. The van der Waals surface area contributed by atoms with Crippen LogP contribution in [0.5, 0.6) is 0 Å². The van der Waals surface area contributed by atoms with Crippen LogP contribution in [0.15, 0.2) is 41.5 Å². The van der Waals surface area contributed by atoms with E-state index in [2.05, 4.69) is 10.3 Å². The summed E-state index contributed by atoms with van der Waals surface area (Å²) in [6.07, 6.45) is 6.57. The van der Waals surface area contributed by atoms with Crippen molar-refractivity contribution >= 4 is 5.91 Å². The standard InChI is InChI=1S/C10H11N3O2/c14-10(7-13-4-3-11-8-13)12-6-9-2-1-5-15-9/h1-5,8H,6-7H2,(H,12,14). The van der Waals surface area contributed by atoms with E-state index >= 15 is 0 Å². The number of aromatic nitrogens is 2. The first-order valence-corrected chi connectivity index (χ1v) is 4.59. The lowest BCUT2D eigenvalue weighted by Crippen LogP contribution is -2.26. The van der Waals surface area contributed by atoms with E-state index in [9.17, 15) is 4.79 Å². The summed E-state index contributed by atoms with van der Waals surface area (Å²) in [6.45, 7) is 0.696. The second-order valence-corrected chi connectivity index (χ2v) is 3.09.